The van der Waals surface area contributed by atoms with E-state index in [2.05, 4.69) is 6.26 Å². The molecule has 1 amide bonds. The summed E-state index contributed by atoms with van der Waals surface area (Å²) in [7, 11) is 0. The first-order valence-electron chi connectivity index (χ1n) is 7.39. The highest BCUT2D eigenvalue weighted by molar-refractivity contribution is 7.98. The SMILES string of the molecule is CCN(CCCSC)C(=O)CCc1ccc2c(c1)OCO2. The summed E-state index contributed by atoms with van der Waals surface area (Å²) in [6.07, 6.45) is 4.45. The first-order valence-corrected chi connectivity index (χ1v) is 8.79. The van der Waals surface area contributed by atoms with Crippen LogP contribution in [0.2, 0.25) is 0 Å². The molecule has 4 nitrogen and oxygen atoms in total. The van der Waals surface area contributed by atoms with Gasteiger partial charge in [-0.25, -0.2) is 0 Å². The molecule has 1 heterocycles. The zero-order valence-electron chi connectivity index (χ0n) is 12.8. The summed E-state index contributed by atoms with van der Waals surface area (Å²) in [6, 6.07) is 5.89. The van der Waals surface area contributed by atoms with E-state index in [0.29, 0.717) is 6.42 Å². The van der Waals surface area contributed by atoms with E-state index in [1.54, 1.807) is 0 Å². The molecule has 21 heavy (non-hydrogen) atoms. The molecule has 1 aliphatic heterocycles. The van der Waals surface area contributed by atoms with Gasteiger partial charge in [0.1, 0.15) is 0 Å². The molecule has 0 spiro atoms. The number of hydrogen-bond donors (Lipinski definition) is 0. The van der Waals surface area contributed by atoms with Crippen LogP contribution in [0.4, 0.5) is 0 Å². The van der Waals surface area contributed by atoms with Gasteiger partial charge in [-0.3, -0.25) is 4.79 Å². The Hall–Kier alpha value is -1.36. The van der Waals surface area contributed by atoms with E-state index in [1.165, 1.54) is 0 Å². The highest BCUT2D eigenvalue weighted by Gasteiger charge is 2.15. The molecule has 0 radical (unpaired) electrons. The Kier molecular flexibility index (Phi) is 6.23. The van der Waals surface area contributed by atoms with Crippen molar-refractivity contribution < 1.29 is 14.3 Å². The van der Waals surface area contributed by atoms with Crippen LogP contribution in [0.15, 0.2) is 18.2 Å². The van der Waals surface area contributed by atoms with Gasteiger partial charge in [0.15, 0.2) is 11.5 Å². The number of nitrogens with zero attached hydrogens (tertiary/aromatic N) is 1. The second-order valence-corrected chi connectivity index (χ2v) is 5.99. The van der Waals surface area contributed by atoms with Gasteiger partial charge in [-0.05, 0) is 49.5 Å². The summed E-state index contributed by atoms with van der Waals surface area (Å²) < 4.78 is 10.7. The third-order valence-electron chi connectivity index (χ3n) is 3.58. The predicted octanol–water partition coefficient (Wildman–Crippen LogP) is 2.95. The largest absolute Gasteiger partial charge is 0.454 e. The Morgan fingerprint density at radius 1 is 1.33 bits per heavy atom. The molecule has 5 heteroatoms. The molecule has 116 valence electrons. The topological polar surface area (TPSA) is 38.8 Å². The summed E-state index contributed by atoms with van der Waals surface area (Å²) in [6.45, 7) is 3.97. The third kappa shape index (κ3) is 4.56. The fourth-order valence-corrected chi connectivity index (χ4v) is 2.78. The zero-order chi connectivity index (χ0) is 15.1. The third-order valence-corrected chi connectivity index (χ3v) is 4.27. The molecule has 0 fully saturated rings. The molecule has 0 N–H and O–H groups in total. The number of thioether (sulfide) groups is 1. The lowest BCUT2D eigenvalue weighted by Gasteiger charge is -2.20. The lowest BCUT2D eigenvalue weighted by atomic mass is 10.1. The maximum atomic E-state index is 12.2. The average molecular weight is 309 g/mol. The lowest BCUT2D eigenvalue weighted by Crippen LogP contribution is -2.32. The van der Waals surface area contributed by atoms with Gasteiger partial charge in [-0.2, -0.15) is 11.8 Å². The minimum Gasteiger partial charge on any atom is -0.454 e. The highest BCUT2D eigenvalue weighted by atomic mass is 32.2. The maximum Gasteiger partial charge on any atom is 0.231 e. The van der Waals surface area contributed by atoms with Crippen molar-refractivity contribution in [3.8, 4) is 11.5 Å². The fraction of sp³-hybridized carbons (Fsp3) is 0.562. The quantitative estimate of drug-likeness (QED) is 0.692. The molecule has 1 aromatic carbocycles. The van der Waals surface area contributed by atoms with Crippen molar-refractivity contribution in [2.45, 2.75) is 26.2 Å². The molecular formula is C16H23NO3S. The van der Waals surface area contributed by atoms with E-state index in [1.807, 2.05) is 41.8 Å². The Bertz CT molecular complexity index is 479. The van der Waals surface area contributed by atoms with Gasteiger partial charge >= 0.3 is 0 Å². The second kappa shape index (κ2) is 8.17. The Morgan fingerprint density at radius 3 is 2.90 bits per heavy atom. The molecular weight excluding hydrogens is 286 g/mol. The number of aryl methyl sites for hydroxylation is 1. The van der Waals surface area contributed by atoms with Crippen molar-refractivity contribution in [1.82, 2.24) is 4.90 Å². The predicted molar refractivity (Wildman–Crippen MR) is 86.1 cm³/mol. The van der Waals surface area contributed by atoms with Crippen molar-refractivity contribution in [2.75, 3.05) is 31.9 Å². The number of benzene rings is 1. The van der Waals surface area contributed by atoms with Crippen molar-refractivity contribution in [2.24, 2.45) is 0 Å². The molecule has 0 atom stereocenters. The van der Waals surface area contributed by atoms with Crippen molar-refractivity contribution in [3.05, 3.63) is 23.8 Å². The Labute approximate surface area is 130 Å². The van der Waals surface area contributed by atoms with Gasteiger partial charge in [-0.1, -0.05) is 6.07 Å². The minimum atomic E-state index is 0.233. The number of fused-ring (bicyclic) bond motifs is 1. The van der Waals surface area contributed by atoms with Crippen LogP contribution in [0.25, 0.3) is 0 Å². The summed E-state index contributed by atoms with van der Waals surface area (Å²) >= 11 is 1.82. The number of hydrogen-bond acceptors (Lipinski definition) is 4. The maximum absolute atomic E-state index is 12.2. The van der Waals surface area contributed by atoms with E-state index in [4.69, 9.17) is 9.47 Å². The average Bonchev–Trinajstić information content (AvgIpc) is 2.97. The molecule has 1 aliphatic rings. The summed E-state index contributed by atoms with van der Waals surface area (Å²) in [5, 5.41) is 0. The summed E-state index contributed by atoms with van der Waals surface area (Å²) in [5.41, 5.74) is 1.12. The molecule has 0 saturated carbocycles. The van der Waals surface area contributed by atoms with E-state index in [9.17, 15) is 4.79 Å². The highest BCUT2D eigenvalue weighted by Crippen LogP contribution is 2.32. The Balaban J connectivity index is 1.82. The lowest BCUT2D eigenvalue weighted by molar-refractivity contribution is -0.131. The van der Waals surface area contributed by atoms with Crippen LogP contribution >= 0.6 is 11.8 Å². The number of rotatable bonds is 8. The van der Waals surface area contributed by atoms with Crippen LogP contribution in [0.3, 0.4) is 0 Å². The molecule has 0 unspecified atom stereocenters. The smallest absolute Gasteiger partial charge is 0.231 e. The first-order chi connectivity index (χ1) is 10.2. The normalized spacial score (nSPS) is 12.5. The van der Waals surface area contributed by atoms with Crippen LogP contribution in [0, 0.1) is 0 Å². The number of carbonyl (C=O) groups is 1. The van der Waals surface area contributed by atoms with Crippen molar-refractivity contribution in [1.29, 1.82) is 0 Å². The van der Waals surface area contributed by atoms with Gasteiger partial charge in [0.05, 0.1) is 0 Å². The van der Waals surface area contributed by atoms with Crippen LogP contribution in [-0.2, 0) is 11.2 Å². The van der Waals surface area contributed by atoms with Gasteiger partial charge < -0.3 is 14.4 Å². The van der Waals surface area contributed by atoms with E-state index in [0.717, 1.165) is 48.7 Å². The molecule has 0 saturated heterocycles. The van der Waals surface area contributed by atoms with E-state index >= 15 is 0 Å². The van der Waals surface area contributed by atoms with Gasteiger partial charge in [0.25, 0.3) is 0 Å². The second-order valence-electron chi connectivity index (χ2n) is 5.01. The number of carbonyl (C=O) groups excluding carboxylic acids is 1. The Morgan fingerprint density at radius 2 is 2.14 bits per heavy atom. The molecule has 0 bridgehead atoms. The fourth-order valence-electron chi connectivity index (χ4n) is 2.36. The molecule has 0 aromatic heterocycles. The van der Waals surface area contributed by atoms with Crippen molar-refractivity contribution in [3.63, 3.8) is 0 Å². The molecule has 2 rings (SSSR count). The monoisotopic (exact) mass is 309 g/mol. The van der Waals surface area contributed by atoms with Crippen LogP contribution in [0.1, 0.15) is 25.3 Å². The number of ether oxygens (including phenoxy) is 2. The number of amides is 1. The molecule has 1 aromatic rings. The van der Waals surface area contributed by atoms with Gasteiger partial charge in [0, 0.05) is 19.5 Å². The zero-order valence-corrected chi connectivity index (χ0v) is 13.6. The van der Waals surface area contributed by atoms with Crippen LogP contribution < -0.4 is 9.47 Å². The van der Waals surface area contributed by atoms with Crippen molar-refractivity contribution >= 4 is 17.7 Å². The minimum absolute atomic E-state index is 0.233. The van der Waals surface area contributed by atoms with E-state index in [-0.39, 0.29) is 12.7 Å². The van der Waals surface area contributed by atoms with Crippen LogP contribution in [0.5, 0.6) is 11.5 Å². The summed E-state index contributed by atoms with van der Waals surface area (Å²) in [4.78, 5) is 14.2. The first kappa shape index (κ1) is 16.0. The van der Waals surface area contributed by atoms with Gasteiger partial charge in [-0.15, -0.1) is 0 Å². The van der Waals surface area contributed by atoms with Crippen LogP contribution in [-0.4, -0.2) is 42.7 Å². The molecule has 0 aliphatic carbocycles. The van der Waals surface area contributed by atoms with E-state index < -0.39 is 0 Å². The summed E-state index contributed by atoms with van der Waals surface area (Å²) in [5.74, 6) is 2.91. The van der Waals surface area contributed by atoms with Gasteiger partial charge in [0.2, 0.25) is 12.7 Å². The standard InChI is InChI=1S/C16H23NO3S/c1-3-17(9-4-10-21-2)16(18)8-6-13-5-7-14-15(11-13)20-12-19-14/h5,7,11H,3-4,6,8-10,12H2,1-2H3.